The molecule has 0 aliphatic carbocycles. The second-order valence-electron chi connectivity index (χ2n) is 6.73. The number of para-hydroxylation sites is 1. The summed E-state index contributed by atoms with van der Waals surface area (Å²) >= 11 is 3.58. The van der Waals surface area contributed by atoms with Gasteiger partial charge in [-0.15, -0.1) is 0 Å². The van der Waals surface area contributed by atoms with Gasteiger partial charge in [-0.25, -0.2) is 0 Å². The highest BCUT2D eigenvalue weighted by atomic mass is 79.9. The van der Waals surface area contributed by atoms with E-state index in [2.05, 4.69) is 21.2 Å². The Kier molecular flexibility index (Phi) is 4.20. The molecule has 0 aromatic heterocycles. The Labute approximate surface area is 171 Å². The highest BCUT2D eigenvalue weighted by molar-refractivity contribution is 9.10. The van der Waals surface area contributed by atoms with E-state index in [0.29, 0.717) is 6.54 Å². The number of hydrogen-bond donors (Lipinski definition) is 1. The third-order valence-corrected chi connectivity index (χ3v) is 5.71. The first kappa shape index (κ1) is 17.1. The van der Waals surface area contributed by atoms with Crippen molar-refractivity contribution in [2.75, 3.05) is 12.1 Å². The zero-order valence-corrected chi connectivity index (χ0v) is 16.5. The standard InChI is InChI=1S/C22H17BrN2O3/c23-17-7-3-4-8-18(17)24-21-15-5-1-2-6-16(15)22(26)25(21)12-14-9-10-19-20(11-14)28-13-27-19/h1-11,21,24H,12-13H2. The van der Waals surface area contributed by atoms with Crippen molar-refractivity contribution in [3.05, 3.63) is 87.9 Å². The molecule has 1 unspecified atom stereocenters. The van der Waals surface area contributed by atoms with Crippen LogP contribution in [0.4, 0.5) is 5.69 Å². The van der Waals surface area contributed by atoms with Crippen LogP contribution in [0, 0.1) is 0 Å². The van der Waals surface area contributed by atoms with Gasteiger partial charge in [0.25, 0.3) is 5.91 Å². The molecule has 28 heavy (non-hydrogen) atoms. The van der Waals surface area contributed by atoms with E-state index in [9.17, 15) is 4.79 Å². The molecule has 2 heterocycles. The SMILES string of the molecule is O=C1c2ccccc2C(Nc2ccccc2Br)N1Cc1ccc2c(c1)OCO2. The van der Waals surface area contributed by atoms with Crippen LogP contribution >= 0.6 is 15.9 Å². The van der Waals surface area contributed by atoms with Crippen molar-refractivity contribution in [2.24, 2.45) is 0 Å². The van der Waals surface area contributed by atoms with Gasteiger partial charge in [-0.3, -0.25) is 4.79 Å². The molecular formula is C22H17BrN2O3. The molecule has 2 aliphatic rings. The summed E-state index contributed by atoms with van der Waals surface area (Å²) in [5.74, 6) is 1.47. The summed E-state index contributed by atoms with van der Waals surface area (Å²) in [7, 11) is 0. The normalized spacial score (nSPS) is 17.0. The zero-order valence-electron chi connectivity index (χ0n) is 14.9. The topological polar surface area (TPSA) is 50.8 Å². The van der Waals surface area contributed by atoms with E-state index in [1.54, 1.807) is 0 Å². The molecule has 140 valence electrons. The van der Waals surface area contributed by atoms with Gasteiger partial charge in [-0.05, 0) is 51.8 Å². The van der Waals surface area contributed by atoms with Crippen molar-refractivity contribution in [3.8, 4) is 11.5 Å². The molecule has 1 amide bonds. The molecule has 1 atom stereocenters. The molecule has 0 fully saturated rings. The van der Waals surface area contributed by atoms with Crippen LogP contribution in [0.15, 0.2) is 71.2 Å². The van der Waals surface area contributed by atoms with E-state index in [1.807, 2.05) is 71.6 Å². The third kappa shape index (κ3) is 2.90. The number of nitrogens with zero attached hydrogens (tertiary/aromatic N) is 1. The first-order chi connectivity index (χ1) is 13.7. The molecule has 0 saturated heterocycles. The minimum Gasteiger partial charge on any atom is -0.454 e. The van der Waals surface area contributed by atoms with Crippen LogP contribution in [0.3, 0.4) is 0 Å². The number of rotatable bonds is 4. The summed E-state index contributed by atoms with van der Waals surface area (Å²) in [6.07, 6.45) is -0.257. The Morgan fingerprint density at radius 2 is 1.79 bits per heavy atom. The fourth-order valence-electron chi connectivity index (χ4n) is 3.65. The van der Waals surface area contributed by atoms with Crippen LogP contribution in [0.1, 0.15) is 27.7 Å². The van der Waals surface area contributed by atoms with Gasteiger partial charge in [0.05, 0.1) is 5.69 Å². The molecular weight excluding hydrogens is 420 g/mol. The second-order valence-corrected chi connectivity index (χ2v) is 7.59. The average Bonchev–Trinajstić information content (AvgIpc) is 3.28. The summed E-state index contributed by atoms with van der Waals surface area (Å²) < 4.78 is 11.8. The Balaban J connectivity index is 1.50. The fraction of sp³-hybridized carbons (Fsp3) is 0.136. The Hall–Kier alpha value is -2.99. The van der Waals surface area contributed by atoms with Gasteiger partial charge >= 0.3 is 0 Å². The number of halogens is 1. The zero-order chi connectivity index (χ0) is 19.1. The van der Waals surface area contributed by atoms with Gasteiger partial charge in [0.2, 0.25) is 6.79 Å². The number of carbonyl (C=O) groups excluding carboxylic acids is 1. The predicted molar refractivity (Wildman–Crippen MR) is 109 cm³/mol. The molecule has 6 heteroatoms. The first-order valence-electron chi connectivity index (χ1n) is 9.00. The van der Waals surface area contributed by atoms with Crippen LogP contribution in [0.5, 0.6) is 11.5 Å². The van der Waals surface area contributed by atoms with Crippen molar-refractivity contribution in [2.45, 2.75) is 12.7 Å². The molecule has 5 nitrogen and oxygen atoms in total. The Morgan fingerprint density at radius 1 is 1.00 bits per heavy atom. The van der Waals surface area contributed by atoms with Crippen molar-refractivity contribution in [1.29, 1.82) is 0 Å². The molecule has 0 bridgehead atoms. The monoisotopic (exact) mass is 436 g/mol. The minimum atomic E-state index is -0.257. The van der Waals surface area contributed by atoms with Gasteiger partial charge < -0.3 is 19.7 Å². The van der Waals surface area contributed by atoms with Crippen LogP contribution in [-0.4, -0.2) is 17.6 Å². The highest BCUT2D eigenvalue weighted by Gasteiger charge is 2.36. The van der Waals surface area contributed by atoms with Crippen LogP contribution in [0.2, 0.25) is 0 Å². The maximum atomic E-state index is 13.1. The van der Waals surface area contributed by atoms with Crippen LogP contribution in [0.25, 0.3) is 0 Å². The second kappa shape index (κ2) is 6.87. The summed E-state index contributed by atoms with van der Waals surface area (Å²) in [4.78, 5) is 15.0. The number of fused-ring (bicyclic) bond motifs is 2. The maximum absolute atomic E-state index is 13.1. The smallest absolute Gasteiger partial charge is 0.256 e. The molecule has 0 radical (unpaired) electrons. The number of hydrogen-bond acceptors (Lipinski definition) is 4. The molecule has 3 aromatic rings. The number of anilines is 1. The van der Waals surface area contributed by atoms with E-state index >= 15 is 0 Å². The first-order valence-corrected chi connectivity index (χ1v) is 9.79. The van der Waals surface area contributed by atoms with E-state index < -0.39 is 0 Å². The number of amides is 1. The molecule has 1 N–H and O–H groups in total. The van der Waals surface area contributed by atoms with Crippen LogP contribution < -0.4 is 14.8 Å². The third-order valence-electron chi connectivity index (χ3n) is 5.01. The maximum Gasteiger partial charge on any atom is 0.256 e. The van der Waals surface area contributed by atoms with E-state index in [4.69, 9.17) is 9.47 Å². The lowest BCUT2D eigenvalue weighted by molar-refractivity contribution is 0.0728. The number of benzene rings is 3. The lowest BCUT2D eigenvalue weighted by Gasteiger charge is -2.27. The summed E-state index contributed by atoms with van der Waals surface area (Å²) in [5, 5.41) is 3.52. The largest absolute Gasteiger partial charge is 0.454 e. The summed E-state index contributed by atoms with van der Waals surface area (Å²) in [6, 6.07) is 21.5. The van der Waals surface area contributed by atoms with Gasteiger partial charge in [0, 0.05) is 22.1 Å². The Morgan fingerprint density at radius 3 is 2.68 bits per heavy atom. The van der Waals surface area contributed by atoms with Crippen LogP contribution in [-0.2, 0) is 6.54 Å². The lowest BCUT2D eigenvalue weighted by atomic mass is 10.1. The molecule has 5 rings (SSSR count). The summed E-state index contributed by atoms with van der Waals surface area (Å²) in [6.45, 7) is 0.700. The molecule has 3 aromatic carbocycles. The molecule has 0 saturated carbocycles. The Bertz CT molecular complexity index is 1070. The van der Waals surface area contributed by atoms with Gasteiger partial charge in [0.1, 0.15) is 6.17 Å². The highest BCUT2D eigenvalue weighted by Crippen LogP contribution is 2.38. The van der Waals surface area contributed by atoms with Crippen molar-refractivity contribution in [1.82, 2.24) is 4.90 Å². The number of ether oxygens (including phenoxy) is 2. The van der Waals surface area contributed by atoms with Crippen molar-refractivity contribution >= 4 is 27.5 Å². The average molecular weight is 437 g/mol. The lowest BCUT2D eigenvalue weighted by Crippen LogP contribution is -2.32. The number of nitrogens with one attached hydrogen (secondary N) is 1. The van der Waals surface area contributed by atoms with E-state index in [0.717, 1.165) is 38.3 Å². The van der Waals surface area contributed by atoms with Crippen molar-refractivity contribution < 1.29 is 14.3 Å². The predicted octanol–water partition coefficient (Wildman–Crippen LogP) is 4.94. The van der Waals surface area contributed by atoms with E-state index in [1.165, 1.54) is 0 Å². The van der Waals surface area contributed by atoms with Crippen molar-refractivity contribution in [3.63, 3.8) is 0 Å². The van der Waals surface area contributed by atoms with Gasteiger partial charge in [0.15, 0.2) is 11.5 Å². The summed E-state index contributed by atoms with van der Waals surface area (Å²) in [5.41, 5.74) is 3.63. The molecule has 2 aliphatic heterocycles. The quantitative estimate of drug-likeness (QED) is 0.628. The fourth-order valence-corrected chi connectivity index (χ4v) is 4.05. The molecule has 0 spiro atoms. The minimum absolute atomic E-state index is 0.0119. The van der Waals surface area contributed by atoms with Gasteiger partial charge in [-0.2, -0.15) is 0 Å². The van der Waals surface area contributed by atoms with E-state index in [-0.39, 0.29) is 18.9 Å². The van der Waals surface area contributed by atoms with Gasteiger partial charge in [-0.1, -0.05) is 36.4 Å². The number of carbonyl (C=O) groups is 1.